The van der Waals surface area contributed by atoms with Gasteiger partial charge in [-0.1, -0.05) is 17.7 Å². The third-order valence-electron chi connectivity index (χ3n) is 4.06. The normalized spacial score (nSPS) is 22.7. The van der Waals surface area contributed by atoms with E-state index in [0.29, 0.717) is 11.4 Å². The number of sulfonamides is 1. The van der Waals surface area contributed by atoms with Crippen molar-refractivity contribution in [2.45, 2.75) is 24.3 Å². The molecule has 1 unspecified atom stereocenters. The van der Waals surface area contributed by atoms with Crippen molar-refractivity contribution in [3.8, 4) is 0 Å². The Bertz CT molecular complexity index is 763. The van der Waals surface area contributed by atoms with Gasteiger partial charge in [0, 0.05) is 18.1 Å². The van der Waals surface area contributed by atoms with E-state index in [1.54, 1.807) is 13.0 Å². The summed E-state index contributed by atoms with van der Waals surface area (Å²) >= 11 is 6.00. The molecule has 0 bridgehead atoms. The number of cyclic esters (lactones) is 1. The van der Waals surface area contributed by atoms with Crippen LogP contribution in [0, 0.1) is 6.92 Å². The first-order valence-electron chi connectivity index (χ1n) is 7.06. The van der Waals surface area contributed by atoms with Crippen LogP contribution >= 0.6 is 11.6 Å². The first kappa shape index (κ1) is 16.2. The molecule has 1 atom stereocenters. The zero-order valence-corrected chi connectivity index (χ0v) is 13.9. The van der Waals surface area contributed by atoms with Gasteiger partial charge in [-0.05, 0) is 31.0 Å². The highest BCUT2D eigenvalue weighted by Crippen LogP contribution is 2.27. The van der Waals surface area contributed by atoms with Crippen LogP contribution in [0.25, 0.3) is 0 Å². The Kier molecular flexibility index (Phi) is 4.07. The number of carbonyl (C=O) groups excluding carboxylic acids is 2. The van der Waals surface area contributed by atoms with Crippen LogP contribution in [0.1, 0.15) is 12.0 Å². The number of hydrogen-bond acceptors (Lipinski definition) is 5. The van der Waals surface area contributed by atoms with E-state index in [4.69, 9.17) is 11.6 Å². The number of nitrogens with zero attached hydrogens (tertiary/aromatic N) is 2. The standard InChI is InChI=1S/C14H15ClN2O5S/c1-9-2-3-11(6-12(9)15)23(20,21)16-5-4-10(7-16)17-13(18)8-22-14(17)19/h2-3,6,10H,4-5,7-8H2,1H3. The van der Waals surface area contributed by atoms with Crippen molar-refractivity contribution in [2.75, 3.05) is 19.7 Å². The smallest absolute Gasteiger partial charge is 0.417 e. The topological polar surface area (TPSA) is 84.0 Å². The Morgan fingerprint density at radius 1 is 1.30 bits per heavy atom. The van der Waals surface area contributed by atoms with E-state index < -0.39 is 28.1 Å². The largest absolute Gasteiger partial charge is 0.439 e. The average Bonchev–Trinajstić information content (AvgIpc) is 3.09. The van der Waals surface area contributed by atoms with Crippen LogP contribution in [0.2, 0.25) is 5.02 Å². The lowest BCUT2D eigenvalue weighted by molar-refractivity contribution is -0.127. The Hall–Kier alpha value is -1.64. The van der Waals surface area contributed by atoms with Gasteiger partial charge in [-0.15, -0.1) is 0 Å². The highest BCUT2D eigenvalue weighted by molar-refractivity contribution is 7.89. The predicted molar refractivity (Wildman–Crippen MR) is 81.5 cm³/mol. The van der Waals surface area contributed by atoms with E-state index >= 15 is 0 Å². The van der Waals surface area contributed by atoms with E-state index in [9.17, 15) is 18.0 Å². The maximum atomic E-state index is 12.7. The zero-order chi connectivity index (χ0) is 16.8. The number of rotatable bonds is 3. The van der Waals surface area contributed by atoms with E-state index in [-0.39, 0.29) is 24.6 Å². The summed E-state index contributed by atoms with van der Waals surface area (Å²) < 4.78 is 31.3. The van der Waals surface area contributed by atoms with E-state index in [2.05, 4.69) is 4.74 Å². The minimum Gasteiger partial charge on any atom is -0.439 e. The molecule has 2 saturated heterocycles. The molecule has 0 aliphatic carbocycles. The second-order valence-corrected chi connectivity index (χ2v) is 7.88. The van der Waals surface area contributed by atoms with Gasteiger partial charge in [0.2, 0.25) is 10.0 Å². The van der Waals surface area contributed by atoms with Crippen molar-refractivity contribution in [1.29, 1.82) is 0 Å². The monoisotopic (exact) mass is 358 g/mol. The van der Waals surface area contributed by atoms with Crippen molar-refractivity contribution in [2.24, 2.45) is 0 Å². The van der Waals surface area contributed by atoms with Crippen molar-refractivity contribution in [3.63, 3.8) is 0 Å². The van der Waals surface area contributed by atoms with Gasteiger partial charge in [0.05, 0.1) is 10.9 Å². The molecule has 1 aromatic carbocycles. The van der Waals surface area contributed by atoms with Crippen molar-refractivity contribution < 1.29 is 22.7 Å². The number of ether oxygens (including phenoxy) is 1. The lowest BCUT2D eigenvalue weighted by atomic mass is 10.2. The highest BCUT2D eigenvalue weighted by Gasteiger charge is 2.43. The van der Waals surface area contributed by atoms with Crippen LogP contribution in [0.5, 0.6) is 0 Å². The molecule has 124 valence electrons. The summed E-state index contributed by atoms with van der Waals surface area (Å²) in [6, 6.07) is 4.06. The lowest BCUT2D eigenvalue weighted by Gasteiger charge is -2.20. The van der Waals surface area contributed by atoms with Crippen LogP contribution in [-0.4, -0.2) is 55.4 Å². The number of hydrogen-bond donors (Lipinski definition) is 0. The van der Waals surface area contributed by atoms with E-state index in [0.717, 1.165) is 10.5 Å². The van der Waals surface area contributed by atoms with Crippen LogP contribution in [-0.2, 0) is 19.6 Å². The first-order valence-corrected chi connectivity index (χ1v) is 8.87. The fourth-order valence-corrected chi connectivity index (χ4v) is 4.50. The van der Waals surface area contributed by atoms with Crippen molar-refractivity contribution in [1.82, 2.24) is 9.21 Å². The third kappa shape index (κ3) is 2.82. The Morgan fingerprint density at radius 2 is 2.04 bits per heavy atom. The van der Waals surface area contributed by atoms with Crippen LogP contribution in [0.4, 0.5) is 4.79 Å². The average molecular weight is 359 g/mol. The molecular weight excluding hydrogens is 344 g/mol. The summed E-state index contributed by atoms with van der Waals surface area (Å²) in [5.74, 6) is -0.433. The number of aryl methyl sites for hydroxylation is 1. The predicted octanol–water partition coefficient (Wildman–Crippen LogP) is 1.39. The number of carbonyl (C=O) groups is 2. The Morgan fingerprint density at radius 3 is 2.65 bits per heavy atom. The number of amides is 2. The molecule has 7 nitrogen and oxygen atoms in total. The number of halogens is 1. The fourth-order valence-electron chi connectivity index (χ4n) is 2.74. The second kappa shape index (κ2) is 5.77. The zero-order valence-electron chi connectivity index (χ0n) is 12.4. The summed E-state index contributed by atoms with van der Waals surface area (Å²) in [5.41, 5.74) is 0.787. The molecule has 2 heterocycles. The summed E-state index contributed by atoms with van der Waals surface area (Å²) in [6.07, 6.45) is -0.322. The lowest BCUT2D eigenvalue weighted by Crippen LogP contribution is -2.42. The Labute approximate surface area is 138 Å². The summed E-state index contributed by atoms with van der Waals surface area (Å²) in [5, 5.41) is 0.375. The molecule has 0 aromatic heterocycles. The molecule has 0 spiro atoms. The maximum absolute atomic E-state index is 12.7. The van der Waals surface area contributed by atoms with Crippen LogP contribution in [0.15, 0.2) is 23.1 Å². The van der Waals surface area contributed by atoms with Gasteiger partial charge < -0.3 is 4.74 Å². The molecule has 3 rings (SSSR count). The molecule has 0 saturated carbocycles. The molecule has 0 N–H and O–H groups in total. The molecule has 2 fully saturated rings. The van der Waals surface area contributed by atoms with Gasteiger partial charge in [-0.3, -0.25) is 4.79 Å². The molecule has 1 aromatic rings. The molecule has 23 heavy (non-hydrogen) atoms. The first-order chi connectivity index (χ1) is 10.8. The quantitative estimate of drug-likeness (QED) is 0.815. The third-order valence-corrected chi connectivity index (χ3v) is 6.33. The van der Waals surface area contributed by atoms with E-state index in [1.807, 2.05) is 0 Å². The van der Waals surface area contributed by atoms with Gasteiger partial charge in [-0.25, -0.2) is 18.1 Å². The fraction of sp³-hybridized carbons (Fsp3) is 0.429. The van der Waals surface area contributed by atoms with Gasteiger partial charge >= 0.3 is 6.09 Å². The molecule has 2 aliphatic heterocycles. The number of benzene rings is 1. The van der Waals surface area contributed by atoms with Crippen molar-refractivity contribution in [3.05, 3.63) is 28.8 Å². The van der Waals surface area contributed by atoms with E-state index in [1.165, 1.54) is 16.4 Å². The molecule has 2 amide bonds. The van der Waals surface area contributed by atoms with Gasteiger partial charge in [0.25, 0.3) is 5.91 Å². The van der Waals surface area contributed by atoms with Gasteiger partial charge in [0.15, 0.2) is 6.61 Å². The molecule has 2 aliphatic rings. The molecule has 0 radical (unpaired) electrons. The minimum atomic E-state index is -3.72. The maximum Gasteiger partial charge on any atom is 0.417 e. The summed E-state index contributed by atoms with van der Waals surface area (Å²) in [4.78, 5) is 24.4. The van der Waals surface area contributed by atoms with Crippen LogP contribution in [0.3, 0.4) is 0 Å². The van der Waals surface area contributed by atoms with Gasteiger partial charge in [-0.2, -0.15) is 4.31 Å². The summed E-state index contributed by atoms with van der Waals surface area (Å²) in [6.45, 7) is 1.80. The molecule has 9 heteroatoms. The number of imide groups is 1. The van der Waals surface area contributed by atoms with Crippen LogP contribution < -0.4 is 0 Å². The minimum absolute atomic E-state index is 0.0642. The second-order valence-electron chi connectivity index (χ2n) is 5.53. The van der Waals surface area contributed by atoms with Gasteiger partial charge in [0.1, 0.15) is 0 Å². The molecular formula is C14H15ClN2O5S. The highest BCUT2D eigenvalue weighted by atomic mass is 35.5. The Balaban J connectivity index is 1.81. The summed E-state index contributed by atoms with van der Waals surface area (Å²) in [7, 11) is -3.72. The SMILES string of the molecule is Cc1ccc(S(=O)(=O)N2CCC(N3C(=O)COC3=O)C2)cc1Cl. The van der Waals surface area contributed by atoms with Crippen molar-refractivity contribution >= 4 is 33.6 Å².